The maximum absolute atomic E-state index is 10.3. The Balaban J connectivity index is 2.36. The van der Waals surface area contributed by atoms with Crippen molar-refractivity contribution < 1.29 is 9.84 Å². The minimum Gasteiger partial charge on any atom is -0.493 e. The van der Waals surface area contributed by atoms with Gasteiger partial charge in [-0.05, 0) is 68.9 Å². The van der Waals surface area contributed by atoms with Crippen molar-refractivity contribution in [3.63, 3.8) is 0 Å². The average Bonchev–Trinajstić information content (AvgIpc) is 2.19. The van der Waals surface area contributed by atoms with Crippen molar-refractivity contribution in [2.75, 3.05) is 6.61 Å². The molecule has 0 radical (unpaired) electrons. The first kappa shape index (κ1) is 11.5. The SMILES string of the molecule is CCOc1c(C)cc(C2(O)CCC2)cc1C. The molecule has 0 unspecified atom stereocenters. The van der Waals surface area contributed by atoms with E-state index in [0.717, 1.165) is 41.7 Å². The fraction of sp³-hybridized carbons (Fsp3) is 0.571. The van der Waals surface area contributed by atoms with Gasteiger partial charge in [-0.3, -0.25) is 0 Å². The fourth-order valence-electron chi connectivity index (χ4n) is 2.39. The summed E-state index contributed by atoms with van der Waals surface area (Å²) in [6, 6.07) is 4.13. The highest BCUT2D eigenvalue weighted by Gasteiger charge is 2.36. The summed E-state index contributed by atoms with van der Waals surface area (Å²) in [7, 11) is 0. The van der Waals surface area contributed by atoms with Gasteiger partial charge < -0.3 is 9.84 Å². The molecule has 88 valence electrons. The Hall–Kier alpha value is -1.02. The van der Waals surface area contributed by atoms with E-state index >= 15 is 0 Å². The van der Waals surface area contributed by atoms with Crippen LogP contribution >= 0.6 is 0 Å². The van der Waals surface area contributed by atoms with E-state index in [4.69, 9.17) is 4.74 Å². The monoisotopic (exact) mass is 220 g/mol. The van der Waals surface area contributed by atoms with E-state index in [1.165, 1.54) is 0 Å². The summed E-state index contributed by atoms with van der Waals surface area (Å²) in [5.41, 5.74) is 2.73. The molecule has 0 spiro atoms. The van der Waals surface area contributed by atoms with Crippen LogP contribution in [0.15, 0.2) is 12.1 Å². The summed E-state index contributed by atoms with van der Waals surface area (Å²) < 4.78 is 5.61. The van der Waals surface area contributed by atoms with Crippen LogP contribution in [-0.4, -0.2) is 11.7 Å². The third kappa shape index (κ3) is 1.82. The van der Waals surface area contributed by atoms with Crippen molar-refractivity contribution in [3.8, 4) is 5.75 Å². The van der Waals surface area contributed by atoms with E-state index < -0.39 is 5.60 Å². The van der Waals surface area contributed by atoms with Gasteiger partial charge in [-0.25, -0.2) is 0 Å². The molecule has 0 heterocycles. The molecule has 2 rings (SSSR count). The molecule has 0 aromatic heterocycles. The summed E-state index contributed by atoms with van der Waals surface area (Å²) in [6.07, 6.45) is 2.90. The highest BCUT2D eigenvalue weighted by molar-refractivity contribution is 5.45. The van der Waals surface area contributed by atoms with Crippen LogP contribution in [0.1, 0.15) is 42.9 Å². The average molecular weight is 220 g/mol. The van der Waals surface area contributed by atoms with Crippen molar-refractivity contribution in [1.82, 2.24) is 0 Å². The Bertz CT molecular complexity index is 369. The van der Waals surface area contributed by atoms with Gasteiger partial charge in [-0.1, -0.05) is 0 Å². The van der Waals surface area contributed by atoms with E-state index in [0.29, 0.717) is 6.61 Å². The van der Waals surface area contributed by atoms with E-state index in [1.54, 1.807) is 0 Å². The zero-order valence-electron chi connectivity index (χ0n) is 10.3. The number of rotatable bonds is 3. The third-order valence-electron chi connectivity index (χ3n) is 3.47. The zero-order valence-corrected chi connectivity index (χ0v) is 10.3. The summed E-state index contributed by atoms with van der Waals surface area (Å²) >= 11 is 0. The topological polar surface area (TPSA) is 29.5 Å². The molecule has 0 saturated heterocycles. The molecule has 1 saturated carbocycles. The van der Waals surface area contributed by atoms with Gasteiger partial charge in [0.25, 0.3) is 0 Å². The maximum Gasteiger partial charge on any atom is 0.125 e. The molecule has 2 nitrogen and oxygen atoms in total. The molecule has 0 amide bonds. The van der Waals surface area contributed by atoms with E-state index in [9.17, 15) is 5.11 Å². The lowest BCUT2D eigenvalue weighted by Gasteiger charge is -2.37. The van der Waals surface area contributed by atoms with Crippen LogP contribution in [0.2, 0.25) is 0 Å². The van der Waals surface area contributed by atoms with E-state index in [1.807, 2.05) is 20.8 Å². The van der Waals surface area contributed by atoms with Crippen molar-refractivity contribution in [3.05, 3.63) is 28.8 Å². The molecule has 0 atom stereocenters. The second-order valence-electron chi connectivity index (χ2n) is 4.76. The normalized spacial score (nSPS) is 18.0. The standard InChI is InChI=1S/C14H20O2/c1-4-16-13-10(2)8-12(9-11(13)3)14(15)6-5-7-14/h8-9,15H,4-7H2,1-3H3. The van der Waals surface area contributed by atoms with Crippen LogP contribution in [0.5, 0.6) is 5.75 Å². The van der Waals surface area contributed by atoms with Crippen LogP contribution in [0.3, 0.4) is 0 Å². The Morgan fingerprint density at radius 1 is 1.25 bits per heavy atom. The lowest BCUT2D eigenvalue weighted by Crippen LogP contribution is -2.33. The Morgan fingerprint density at radius 3 is 2.19 bits per heavy atom. The van der Waals surface area contributed by atoms with Crippen molar-refractivity contribution >= 4 is 0 Å². The quantitative estimate of drug-likeness (QED) is 0.848. The third-order valence-corrected chi connectivity index (χ3v) is 3.47. The number of aryl methyl sites for hydroxylation is 2. The number of benzene rings is 1. The summed E-state index contributed by atoms with van der Waals surface area (Å²) in [4.78, 5) is 0. The first-order valence-corrected chi connectivity index (χ1v) is 6.04. The Kier molecular flexibility index (Phi) is 2.94. The molecular formula is C14H20O2. The molecular weight excluding hydrogens is 200 g/mol. The first-order valence-electron chi connectivity index (χ1n) is 6.04. The van der Waals surface area contributed by atoms with Gasteiger partial charge in [-0.2, -0.15) is 0 Å². The number of hydrogen-bond acceptors (Lipinski definition) is 2. The highest BCUT2D eigenvalue weighted by Crippen LogP contribution is 2.42. The minimum absolute atomic E-state index is 0.569. The Morgan fingerprint density at radius 2 is 1.81 bits per heavy atom. The lowest BCUT2D eigenvalue weighted by atomic mass is 9.74. The first-order chi connectivity index (χ1) is 7.57. The van der Waals surface area contributed by atoms with Gasteiger partial charge in [0.05, 0.1) is 12.2 Å². The van der Waals surface area contributed by atoms with Gasteiger partial charge in [0.15, 0.2) is 0 Å². The smallest absolute Gasteiger partial charge is 0.125 e. The summed E-state index contributed by atoms with van der Waals surface area (Å²) in [5, 5.41) is 10.3. The second kappa shape index (κ2) is 4.10. The fourth-order valence-corrected chi connectivity index (χ4v) is 2.39. The molecule has 1 aliphatic carbocycles. The summed E-state index contributed by atoms with van der Waals surface area (Å²) in [6.45, 7) is 6.77. The van der Waals surface area contributed by atoms with Gasteiger partial charge in [-0.15, -0.1) is 0 Å². The molecule has 1 aliphatic rings. The minimum atomic E-state index is -0.569. The van der Waals surface area contributed by atoms with Gasteiger partial charge in [0.2, 0.25) is 0 Å². The number of aliphatic hydroxyl groups is 1. The van der Waals surface area contributed by atoms with Gasteiger partial charge in [0, 0.05) is 0 Å². The molecule has 0 aliphatic heterocycles. The molecule has 1 aromatic carbocycles. The van der Waals surface area contributed by atoms with E-state index in [2.05, 4.69) is 12.1 Å². The van der Waals surface area contributed by atoms with Crippen LogP contribution in [0, 0.1) is 13.8 Å². The van der Waals surface area contributed by atoms with Crippen molar-refractivity contribution in [2.24, 2.45) is 0 Å². The molecule has 1 N–H and O–H groups in total. The molecule has 16 heavy (non-hydrogen) atoms. The van der Waals surface area contributed by atoms with Crippen LogP contribution in [-0.2, 0) is 5.60 Å². The number of ether oxygens (including phenoxy) is 1. The van der Waals surface area contributed by atoms with Crippen molar-refractivity contribution in [1.29, 1.82) is 0 Å². The molecule has 1 fully saturated rings. The van der Waals surface area contributed by atoms with Gasteiger partial charge in [0.1, 0.15) is 5.75 Å². The summed E-state index contributed by atoms with van der Waals surface area (Å²) in [5.74, 6) is 0.967. The number of hydrogen-bond donors (Lipinski definition) is 1. The predicted molar refractivity (Wildman–Crippen MR) is 64.8 cm³/mol. The largest absolute Gasteiger partial charge is 0.493 e. The second-order valence-corrected chi connectivity index (χ2v) is 4.76. The lowest BCUT2D eigenvalue weighted by molar-refractivity contribution is -0.0389. The van der Waals surface area contributed by atoms with Crippen LogP contribution in [0.25, 0.3) is 0 Å². The van der Waals surface area contributed by atoms with Crippen molar-refractivity contribution in [2.45, 2.75) is 45.6 Å². The van der Waals surface area contributed by atoms with E-state index in [-0.39, 0.29) is 0 Å². The van der Waals surface area contributed by atoms with Crippen LogP contribution < -0.4 is 4.74 Å². The molecule has 0 bridgehead atoms. The van der Waals surface area contributed by atoms with Crippen LogP contribution in [0.4, 0.5) is 0 Å². The maximum atomic E-state index is 10.3. The highest BCUT2D eigenvalue weighted by atomic mass is 16.5. The van der Waals surface area contributed by atoms with Gasteiger partial charge >= 0.3 is 0 Å². The molecule has 2 heteroatoms. The molecule has 1 aromatic rings. The zero-order chi connectivity index (χ0) is 11.8. The predicted octanol–water partition coefficient (Wildman–Crippen LogP) is 3.07. The Labute approximate surface area is 97.3 Å².